The largest absolute Gasteiger partial charge is 0.497 e. The summed E-state index contributed by atoms with van der Waals surface area (Å²) in [6, 6.07) is 11.5. The number of anilines is 1. The van der Waals surface area contributed by atoms with Crippen LogP contribution in [0.25, 0.3) is 11.3 Å². The summed E-state index contributed by atoms with van der Waals surface area (Å²) in [6.07, 6.45) is 0. The fraction of sp³-hybridized carbons (Fsp3) is 0.368. The molecule has 3 rings (SSSR count). The molecule has 142 valence electrons. The molecule has 0 atom stereocenters. The topological polar surface area (TPSA) is 84.9 Å². The van der Waals surface area contributed by atoms with Gasteiger partial charge in [-0.05, 0) is 43.3 Å². The second kappa shape index (κ2) is 8.48. The number of methoxy groups -OCH3 is 1. The molecule has 0 saturated carbocycles. The number of hydrogen-bond acceptors (Lipinski definition) is 7. The van der Waals surface area contributed by atoms with Crippen molar-refractivity contribution in [2.45, 2.75) is 6.92 Å². The molecule has 1 aromatic heterocycles. The molecule has 27 heavy (non-hydrogen) atoms. The highest BCUT2D eigenvalue weighted by atomic mass is 16.5. The SMILES string of the molecule is CCOC(=O)C(=O)N1CCN(c2ccc(-c3ccc(OC)cc3)nn2)CC1. The van der Waals surface area contributed by atoms with Crippen molar-refractivity contribution < 1.29 is 19.1 Å². The Labute approximate surface area is 157 Å². The number of hydrogen-bond donors (Lipinski definition) is 0. The van der Waals surface area contributed by atoms with Crippen molar-refractivity contribution in [2.75, 3.05) is 44.8 Å². The van der Waals surface area contributed by atoms with Crippen LogP contribution in [0.2, 0.25) is 0 Å². The summed E-state index contributed by atoms with van der Waals surface area (Å²) in [6.45, 7) is 3.93. The van der Waals surface area contributed by atoms with Crippen molar-refractivity contribution in [1.29, 1.82) is 0 Å². The Morgan fingerprint density at radius 3 is 2.26 bits per heavy atom. The molecule has 0 N–H and O–H groups in total. The van der Waals surface area contributed by atoms with Gasteiger partial charge in [-0.25, -0.2) is 4.79 Å². The van der Waals surface area contributed by atoms with Crippen LogP contribution in [-0.2, 0) is 14.3 Å². The smallest absolute Gasteiger partial charge is 0.397 e. The molecular formula is C19H22N4O4. The molecule has 1 aliphatic heterocycles. The van der Waals surface area contributed by atoms with Crippen LogP contribution in [-0.4, -0.2) is 66.9 Å². The van der Waals surface area contributed by atoms with E-state index in [1.54, 1.807) is 14.0 Å². The molecule has 1 saturated heterocycles. The number of carbonyl (C=O) groups is 2. The highest BCUT2D eigenvalue weighted by Crippen LogP contribution is 2.22. The Bertz CT molecular complexity index is 784. The van der Waals surface area contributed by atoms with Crippen LogP contribution in [0.3, 0.4) is 0 Å². The van der Waals surface area contributed by atoms with Gasteiger partial charge in [0.1, 0.15) is 5.75 Å². The minimum Gasteiger partial charge on any atom is -0.497 e. The molecule has 8 nitrogen and oxygen atoms in total. The van der Waals surface area contributed by atoms with Crippen LogP contribution in [0.4, 0.5) is 5.82 Å². The number of aromatic nitrogens is 2. The maximum atomic E-state index is 12.0. The van der Waals surface area contributed by atoms with Crippen LogP contribution < -0.4 is 9.64 Å². The molecule has 2 heterocycles. The predicted octanol–water partition coefficient (Wildman–Crippen LogP) is 1.36. The van der Waals surface area contributed by atoms with Crippen LogP contribution in [0.15, 0.2) is 36.4 Å². The van der Waals surface area contributed by atoms with Gasteiger partial charge in [-0.15, -0.1) is 10.2 Å². The molecule has 0 radical (unpaired) electrons. The van der Waals surface area contributed by atoms with Gasteiger partial charge in [0.15, 0.2) is 5.82 Å². The second-order valence-corrected chi connectivity index (χ2v) is 6.00. The standard InChI is InChI=1S/C19H22N4O4/c1-3-27-19(25)18(24)23-12-10-22(11-13-23)17-9-8-16(20-21-17)14-4-6-15(26-2)7-5-14/h4-9H,3,10-13H2,1-2H3. The van der Waals surface area contributed by atoms with Gasteiger partial charge >= 0.3 is 11.9 Å². The van der Waals surface area contributed by atoms with E-state index >= 15 is 0 Å². The zero-order valence-electron chi connectivity index (χ0n) is 15.4. The summed E-state index contributed by atoms with van der Waals surface area (Å²) < 4.78 is 9.92. The van der Waals surface area contributed by atoms with Crippen LogP contribution in [0.5, 0.6) is 5.75 Å². The third kappa shape index (κ3) is 4.33. The van der Waals surface area contributed by atoms with Gasteiger partial charge in [0.05, 0.1) is 19.4 Å². The molecule has 0 unspecified atom stereocenters. The number of ether oxygens (including phenoxy) is 2. The molecule has 1 aliphatic rings. The fourth-order valence-electron chi connectivity index (χ4n) is 2.87. The van der Waals surface area contributed by atoms with E-state index < -0.39 is 11.9 Å². The van der Waals surface area contributed by atoms with Gasteiger partial charge in [-0.3, -0.25) is 4.79 Å². The van der Waals surface area contributed by atoms with Gasteiger partial charge in [0.2, 0.25) is 0 Å². The van der Waals surface area contributed by atoms with E-state index in [4.69, 9.17) is 9.47 Å². The van der Waals surface area contributed by atoms with Crippen LogP contribution in [0, 0.1) is 0 Å². The van der Waals surface area contributed by atoms with Gasteiger partial charge in [-0.1, -0.05) is 0 Å². The van der Waals surface area contributed by atoms with Crippen molar-refractivity contribution in [2.24, 2.45) is 0 Å². The first kappa shape index (κ1) is 18.6. The first-order chi connectivity index (χ1) is 13.1. The minimum absolute atomic E-state index is 0.195. The average molecular weight is 370 g/mol. The normalized spacial score (nSPS) is 14.0. The lowest BCUT2D eigenvalue weighted by atomic mass is 10.1. The lowest BCUT2D eigenvalue weighted by Gasteiger charge is -2.34. The maximum Gasteiger partial charge on any atom is 0.397 e. The lowest BCUT2D eigenvalue weighted by molar-refractivity contribution is -0.160. The molecule has 1 amide bonds. The van der Waals surface area contributed by atoms with E-state index in [9.17, 15) is 9.59 Å². The second-order valence-electron chi connectivity index (χ2n) is 6.00. The molecular weight excluding hydrogens is 348 g/mol. The minimum atomic E-state index is -0.797. The number of amides is 1. The Kier molecular flexibility index (Phi) is 5.85. The van der Waals surface area contributed by atoms with Gasteiger partial charge in [-0.2, -0.15) is 0 Å². The average Bonchev–Trinajstić information content (AvgIpc) is 2.74. The van der Waals surface area contributed by atoms with Gasteiger partial charge in [0, 0.05) is 31.7 Å². The van der Waals surface area contributed by atoms with Crippen molar-refractivity contribution in [1.82, 2.24) is 15.1 Å². The Hall–Kier alpha value is -3.16. The quantitative estimate of drug-likeness (QED) is 0.593. The molecule has 0 spiro atoms. The third-order valence-corrected chi connectivity index (χ3v) is 4.38. The van der Waals surface area contributed by atoms with E-state index in [2.05, 4.69) is 10.2 Å². The van der Waals surface area contributed by atoms with E-state index in [1.807, 2.05) is 41.3 Å². The summed E-state index contributed by atoms with van der Waals surface area (Å²) >= 11 is 0. The number of esters is 1. The number of nitrogens with zero attached hydrogens (tertiary/aromatic N) is 4. The van der Waals surface area contributed by atoms with Crippen molar-refractivity contribution in [3.05, 3.63) is 36.4 Å². The summed E-state index contributed by atoms with van der Waals surface area (Å²) in [7, 11) is 1.63. The number of rotatable bonds is 4. The van der Waals surface area contributed by atoms with E-state index in [0.717, 1.165) is 22.8 Å². The highest BCUT2D eigenvalue weighted by Gasteiger charge is 2.27. The molecule has 2 aromatic rings. The summed E-state index contributed by atoms with van der Waals surface area (Å²) in [5, 5.41) is 8.60. The van der Waals surface area contributed by atoms with Gasteiger partial charge < -0.3 is 19.3 Å². The van der Waals surface area contributed by atoms with Gasteiger partial charge in [0.25, 0.3) is 0 Å². The van der Waals surface area contributed by atoms with Crippen LogP contribution >= 0.6 is 0 Å². The summed E-state index contributed by atoms with van der Waals surface area (Å²) in [5.41, 5.74) is 1.73. The highest BCUT2D eigenvalue weighted by molar-refractivity contribution is 6.32. The third-order valence-electron chi connectivity index (χ3n) is 4.38. The monoisotopic (exact) mass is 370 g/mol. The predicted molar refractivity (Wildman–Crippen MR) is 99.4 cm³/mol. The maximum absolute atomic E-state index is 12.0. The molecule has 8 heteroatoms. The fourth-order valence-corrected chi connectivity index (χ4v) is 2.87. The zero-order chi connectivity index (χ0) is 19.2. The number of carbonyl (C=O) groups excluding carboxylic acids is 2. The molecule has 0 aliphatic carbocycles. The first-order valence-corrected chi connectivity index (χ1v) is 8.81. The van der Waals surface area contributed by atoms with E-state index in [-0.39, 0.29) is 6.61 Å². The van der Waals surface area contributed by atoms with E-state index in [1.165, 1.54) is 4.90 Å². The number of piperazine rings is 1. The zero-order valence-corrected chi connectivity index (χ0v) is 15.4. The molecule has 1 fully saturated rings. The summed E-state index contributed by atoms with van der Waals surface area (Å²) in [5.74, 6) is 0.154. The van der Waals surface area contributed by atoms with Crippen LogP contribution in [0.1, 0.15) is 6.92 Å². The first-order valence-electron chi connectivity index (χ1n) is 8.81. The Morgan fingerprint density at radius 1 is 1.00 bits per heavy atom. The Morgan fingerprint density at radius 2 is 1.70 bits per heavy atom. The van der Waals surface area contributed by atoms with Crippen molar-refractivity contribution in [3.8, 4) is 17.0 Å². The lowest BCUT2D eigenvalue weighted by Crippen LogP contribution is -2.51. The van der Waals surface area contributed by atoms with Crippen molar-refractivity contribution in [3.63, 3.8) is 0 Å². The Balaban J connectivity index is 1.60. The summed E-state index contributed by atoms with van der Waals surface area (Å²) in [4.78, 5) is 27.1. The molecule has 0 bridgehead atoms. The number of benzene rings is 1. The molecule has 1 aromatic carbocycles. The van der Waals surface area contributed by atoms with Crippen molar-refractivity contribution >= 4 is 17.7 Å². The van der Waals surface area contributed by atoms with E-state index in [0.29, 0.717) is 26.2 Å².